The Morgan fingerprint density at radius 2 is 1.59 bits per heavy atom. The number of hydrogen-bond donors (Lipinski definition) is 10. The molecule has 3 heterocycles. The Hall–Kier alpha value is -3.51. The third kappa shape index (κ3) is 5.07. The highest BCUT2D eigenvalue weighted by Gasteiger charge is 2.47. The van der Waals surface area contributed by atoms with E-state index in [0.717, 1.165) is 24.3 Å². The van der Waals surface area contributed by atoms with Crippen molar-refractivity contribution in [3.05, 3.63) is 46.1 Å². The molecule has 10 N–H and O–H groups in total. The molecule has 15 heteroatoms. The van der Waals surface area contributed by atoms with Crippen molar-refractivity contribution in [2.45, 2.75) is 55.1 Å². The molecule has 2 aromatic carbocycles. The van der Waals surface area contributed by atoms with Crippen LogP contribution in [0, 0.1) is 0 Å². The fraction of sp³-hybridized carbons (Fsp3) is 0.423. The first kappa shape index (κ1) is 29.0. The van der Waals surface area contributed by atoms with Crippen LogP contribution in [0.5, 0.6) is 23.0 Å². The van der Waals surface area contributed by atoms with Gasteiger partial charge < -0.3 is 69.7 Å². The van der Waals surface area contributed by atoms with E-state index >= 15 is 0 Å². The predicted molar refractivity (Wildman–Crippen MR) is 134 cm³/mol. The van der Waals surface area contributed by atoms with Crippen LogP contribution in [0.25, 0.3) is 22.3 Å². The van der Waals surface area contributed by atoms with Gasteiger partial charge in [-0.2, -0.15) is 0 Å². The van der Waals surface area contributed by atoms with Crippen LogP contribution in [0.4, 0.5) is 0 Å². The fourth-order valence-electron chi connectivity index (χ4n) is 4.83. The molecule has 15 nitrogen and oxygen atoms in total. The van der Waals surface area contributed by atoms with Crippen molar-refractivity contribution in [2.24, 2.45) is 0 Å². The van der Waals surface area contributed by atoms with Crippen molar-refractivity contribution in [1.82, 2.24) is 0 Å². The molecule has 9 atom stereocenters. The quantitative estimate of drug-likeness (QED) is 0.145. The normalized spacial score (nSPS) is 32.2. The standard InChI is InChI=1S/C26H28O15/c27-6-16-20(33)22(35)23(36)25(40-16)18-15(41-26-24(37)19(32)12(31)7-38-26)5-14-17(21(18)34)11(30)4-13(39-14)8-1-2-9(28)10(29)3-8/h1-5,12,16,19-20,22-29,31-37H,6-7H2/t12-,16+,19-,20+,22-,23+,24+,25-,26-/m0/s1. The Labute approximate surface area is 229 Å². The van der Waals surface area contributed by atoms with E-state index in [9.17, 15) is 55.9 Å². The molecule has 3 aromatic rings. The maximum atomic E-state index is 13.2. The van der Waals surface area contributed by atoms with Gasteiger partial charge in [0.25, 0.3) is 0 Å². The van der Waals surface area contributed by atoms with E-state index in [1.165, 1.54) is 6.07 Å². The smallest absolute Gasteiger partial charge is 0.228 e. The number of fused-ring (bicyclic) bond motifs is 1. The summed E-state index contributed by atoms with van der Waals surface area (Å²) in [4.78, 5) is 13.2. The summed E-state index contributed by atoms with van der Waals surface area (Å²) in [5.74, 6) is -2.30. The topological polar surface area (TPSA) is 260 Å². The van der Waals surface area contributed by atoms with Gasteiger partial charge in [0.05, 0.1) is 18.8 Å². The van der Waals surface area contributed by atoms with Crippen molar-refractivity contribution < 1.29 is 69.7 Å². The molecule has 0 unspecified atom stereocenters. The Morgan fingerprint density at radius 3 is 2.27 bits per heavy atom. The second-order valence-corrected chi connectivity index (χ2v) is 9.81. The molecule has 41 heavy (non-hydrogen) atoms. The third-order valence-corrected chi connectivity index (χ3v) is 7.13. The maximum Gasteiger partial charge on any atom is 0.228 e. The third-order valence-electron chi connectivity index (χ3n) is 7.13. The van der Waals surface area contributed by atoms with Gasteiger partial charge >= 0.3 is 0 Å². The van der Waals surface area contributed by atoms with Crippen LogP contribution in [-0.2, 0) is 9.47 Å². The zero-order valence-electron chi connectivity index (χ0n) is 21.0. The first-order valence-corrected chi connectivity index (χ1v) is 12.4. The molecule has 0 aliphatic carbocycles. The van der Waals surface area contributed by atoms with Crippen LogP contribution in [-0.4, -0.2) is 113 Å². The highest BCUT2D eigenvalue weighted by Crippen LogP contribution is 2.46. The van der Waals surface area contributed by atoms with E-state index in [0.29, 0.717) is 0 Å². The summed E-state index contributed by atoms with van der Waals surface area (Å²) in [5, 5.41) is 102. The van der Waals surface area contributed by atoms with Crippen molar-refractivity contribution in [1.29, 1.82) is 0 Å². The average Bonchev–Trinajstić information content (AvgIpc) is 2.94. The summed E-state index contributed by atoms with van der Waals surface area (Å²) in [6, 6.07) is 5.68. The van der Waals surface area contributed by atoms with E-state index in [2.05, 4.69) is 0 Å². The molecule has 1 aromatic heterocycles. The van der Waals surface area contributed by atoms with Gasteiger partial charge in [-0.25, -0.2) is 0 Å². The summed E-state index contributed by atoms with van der Waals surface area (Å²) >= 11 is 0. The molecule has 2 aliphatic rings. The summed E-state index contributed by atoms with van der Waals surface area (Å²) in [6.45, 7) is -1.26. The minimum Gasteiger partial charge on any atom is -0.506 e. The van der Waals surface area contributed by atoms with Crippen LogP contribution in [0.1, 0.15) is 11.7 Å². The van der Waals surface area contributed by atoms with E-state index in [-0.39, 0.29) is 16.9 Å². The van der Waals surface area contributed by atoms with Crippen molar-refractivity contribution in [3.63, 3.8) is 0 Å². The van der Waals surface area contributed by atoms with E-state index in [4.69, 9.17) is 18.6 Å². The van der Waals surface area contributed by atoms with E-state index < -0.39 is 108 Å². The molecular formula is C26H28O15. The molecule has 2 fully saturated rings. The van der Waals surface area contributed by atoms with Crippen LogP contribution in [0.3, 0.4) is 0 Å². The number of rotatable bonds is 5. The maximum absolute atomic E-state index is 13.2. The lowest BCUT2D eigenvalue weighted by Gasteiger charge is -2.41. The highest BCUT2D eigenvalue weighted by atomic mass is 16.7. The number of aromatic hydroxyl groups is 3. The summed E-state index contributed by atoms with van der Waals surface area (Å²) in [6.07, 6.45) is -15.3. The zero-order valence-corrected chi connectivity index (χ0v) is 21.0. The number of aliphatic hydroxyl groups is 7. The lowest BCUT2D eigenvalue weighted by Crippen LogP contribution is -2.56. The Morgan fingerprint density at radius 1 is 0.854 bits per heavy atom. The molecule has 0 radical (unpaired) electrons. The van der Waals surface area contributed by atoms with Gasteiger partial charge in [-0.1, -0.05) is 0 Å². The first-order chi connectivity index (χ1) is 19.4. The second-order valence-electron chi connectivity index (χ2n) is 9.81. The van der Waals surface area contributed by atoms with Crippen molar-refractivity contribution in [2.75, 3.05) is 13.2 Å². The summed E-state index contributed by atoms with van der Waals surface area (Å²) in [7, 11) is 0. The highest BCUT2D eigenvalue weighted by molar-refractivity contribution is 5.88. The minimum absolute atomic E-state index is 0.101. The zero-order chi connectivity index (χ0) is 29.7. The minimum atomic E-state index is -1.92. The molecule has 222 valence electrons. The predicted octanol–water partition coefficient (Wildman–Crippen LogP) is -2.09. The van der Waals surface area contributed by atoms with Gasteiger partial charge in [-0.3, -0.25) is 4.79 Å². The number of phenols is 3. The van der Waals surface area contributed by atoms with Crippen LogP contribution in [0.15, 0.2) is 39.5 Å². The molecule has 0 spiro atoms. The Kier molecular flexibility index (Phi) is 7.82. The van der Waals surface area contributed by atoms with E-state index in [1.807, 2.05) is 0 Å². The van der Waals surface area contributed by atoms with Crippen LogP contribution in [0.2, 0.25) is 0 Å². The average molecular weight is 580 g/mol. The molecule has 2 saturated heterocycles. The largest absolute Gasteiger partial charge is 0.506 e. The first-order valence-electron chi connectivity index (χ1n) is 12.4. The lowest BCUT2D eigenvalue weighted by molar-refractivity contribution is -0.245. The fourth-order valence-corrected chi connectivity index (χ4v) is 4.83. The van der Waals surface area contributed by atoms with Gasteiger partial charge in [0.15, 0.2) is 16.9 Å². The monoisotopic (exact) mass is 580 g/mol. The number of aliphatic hydroxyl groups excluding tert-OH is 7. The van der Waals surface area contributed by atoms with Crippen LogP contribution < -0.4 is 10.2 Å². The molecule has 0 amide bonds. The van der Waals surface area contributed by atoms with Gasteiger partial charge in [0.2, 0.25) is 6.29 Å². The number of ether oxygens (including phenoxy) is 3. The molecular weight excluding hydrogens is 552 g/mol. The number of hydrogen-bond acceptors (Lipinski definition) is 15. The second kappa shape index (κ2) is 11.1. The molecule has 2 aliphatic heterocycles. The van der Waals surface area contributed by atoms with E-state index in [1.54, 1.807) is 0 Å². The Bertz CT molecular complexity index is 1490. The Balaban J connectivity index is 1.69. The summed E-state index contributed by atoms with van der Waals surface area (Å²) in [5.41, 5.74) is -1.39. The molecule has 0 saturated carbocycles. The van der Waals surface area contributed by atoms with Crippen molar-refractivity contribution >= 4 is 11.0 Å². The van der Waals surface area contributed by atoms with Crippen LogP contribution >= 0.6 is 0 Å². The number of phenolic OH excluding ortho intramolecular Hbond substituents is 3. The van der Waals surface area contributed by atoms with Gasteiger partial charge in [0, 0.05) is 17.7 Å². The lowest BCUT2D eigenvalue weighted by atomic mass is 9.89. The summed E-state index contributed by atoms with van der Waals surface area (Å²) < 4.78 is 22.4. The van der Waals surface area contributed by atoms with Gasteiger partial charge in [-0.15, -0.1) is 0 Å². The number of benzene rings is 2. The van der Waals surface area contributed by atoms with Gasteiger partial charge in [-0.05, 0) is 18.2 Å². The molecule has 0 bridgehead atoms. The molecule has 5 rings (SSSR count). The SMILES string of the molecule is O=c1cc(-c2ccc(O)c(O)c2)oc2cc(O[C@@H]3OC[C@H](O)[C@H](O)[C@H]3O)c([C@@H]3O[C@H](CO)[C@@H](O)[C@H](O)[C@H]3O)c(O)c12. The van der Waals surface area contributed by atoms with Crippen molar-refractivity contribution in [3.8, 4) is 34.3 Å². The van der Waals surface area contributed by atoms with Gasteiger partial charge in [0.1, 0.15) is 77.1 Å².